The van der Waals surface area contributed by atoms with Crippen LogP contribution in [0.25, 0.3) is 71.3 Å². The molecule has 0 aliphatic rings. The first-order valence-electron chi connectivity index (χ1n) is 16.7. The lowest BCUT2D eigenvalue weighted by Gasteiger charge is -2.25. The van der Waals surface area contributed by atoms with Crippen molar-refractivity contribution in [2.75, 3.05) is 4.90 Å². The minimum Gasteiger partial charge on any atom is -0.456 e. The smallest absolute Gasteiger partial charge is 0.135 e. The van der Waals surface area contributed by atoms with E-state index in [4.69, 9.17) is 4.42 Å². The maximum Gasteiger partial charge on any atom is 0.135 e. The molecule has 0 fully saturated rings. The number of fused-ring (bicyclic) bond motifs is 7. The van der Waals surface area contributed by atoms with Crippen molar-refractivity contribution < 1.29 is 4.42 Å². The number of hydrogen-bond donors (Lipinski definition) is 0. The van der Waals surface area contributed by atoms with Gasteiger partial charge in [0.1, 0.15) is 11.2 Å². The minimum absolute atomic E-state index is 0.894. The van der Waals surface area contributed by atoms with Gasteiger partial charge in [0.05, 0.1) is 11.0 Å². The van der Waals surface area contributed by atoms with E-state index in [-0.39, 0.29) is 0 Å². The third-order valence-electron chi connectivity index (χ3n) is 9.76. The lowest BCUT2D eigenvalue weighted by molar-refractivity contribution is 0.669. The highest BCUT2D eigenvalue weighted by atomic mass is 16.3. The summed E-state index contributed by atoms with van der Waals surface area (Å²) in [5, 5.41) is 7.23. The van der Waals surface area contributed by atoms with E-state index < -0.39 is 0 Å². The van der Waals surface area contributed by atoms with Crippen LogP contribution in [0.1, 0.15) is 0 Å². The van der Waals surface area contributed by atoms with Crippen LogP contribution in [0.5, 0.6) is 0 Å². The van der Waals surface area contributed by atoms with Crippen LogP contribution in [0.4, 0.5) is 17.1 Å². The summed E-state index contributed by atoms with van der Waals surface area (Å²) in [5.74, 6) is 0. The molecule has 8 aromatic carbocycles. The van der Waals surface area contributed by atoms with E-state index in [1.165, 1.54) is 49.4 Å². The highest BCUT2D eigenvalue weighted by molar-refractivity contribution is 6.11. The van der Waals surface area contributed by atoms with Crippen molar-refractivity contribution in [3.8, 4) is 16.8 Å². The van der Waals surface area contributed by atoms with Gasteiger partial charge in [-0.1, -0.05) is 103 Å². The zero-order valence-corrected chi connectivity index (χ0v) is 26.6. The third-order valence-corrected chi connectivity index (χ3v) is 9.76. The highest BCUT2D eigenvalue weighted by Crippen LogP contribution is 2.40. The molecule has 0 spiro atoms. The molecule has 3 heteroatoms. The van der Waals surface area contributed by atoms with Gasteiger partial charge in [-0.25, -0.2) is 0 Å². The Morgan fingerprint density at radius 2 is 1.02 bits per heavy atom. The fourth-order valence-corrected chi connectivity index (χ4v) is 7.43. The van der Waals surface area contributed by atoms with Crippen LogP contribution in [0, 0.1) is 0 Å². The molecule has 0 aliphatic heterocycles. The Kier molecular flexibility index (Phi) is 6.18. The average Bonchev–Trinajstić information content (AvgIpc) is 3.71. The Morgan fingerprint density at radius 3 is 1.90 bits per heavy atom. The quantitative estimate of drug-likeness (QED) is 0.190. The van der Waals surface area contributed by atoms with E-state index in [9.17, 15) is 0 Å². The summed E-state index contributed by atoms with van der Waals surface area (Å²) in [6.07, 6.45) is 0. The van der Waals surface area contributed by atoms with Crippen LogP contribution < -0.4 is 4.90 Å². The average molecular weight is 627 g/mol. The molecule has 0 N–H and O–H groups in total. The van der Waals surface area contributed by atoms with Crippen LogP contribution in [0.3, 0.4) is 0 Å². The van der Waals surface area contributed by atoms with Gasteiger partial charge in [-0.2, -0.15) is 0 Å². The molecule has 0 bridgehead atoms. The second-order valence-electron chi connectivity index (χ2n) is 12.6. The summed E-state index contributed by atoms with van der Waals surface area (Å²) in [5.41, 5.74) is 11.0. The fraction of sp³-hybridized carbons (Fsp3) is 0. The molecule has 0 radical (unpaired) electrons. The third kappa shape index (κ3) is 4.51. The number of benzene rings is 8. The van der Waals surface area contributed by atoms with Crippen molar-refractivity contribution in [1.29, 1.82) is 0 Å². The summed E-state index contributed by atoms with van der Waals surface area (Å²) >= 11 is 0. The Hall–Kier alpha value is -6.58. The van der Waals surface area contributed by atoms with Gasteiger partial charge in [-0.3, -0.25) is 0 Å². The Balaban J connectivity index is 1.07. The van der Waals surface area contributed by atoms with Crippen LogP contribution in [-0.2, 0) is 0 Å². The molecular weight excluding hydrogens is 597 g/mol. The van der Waals surface area contributed by atoms with Crippen LogP contribution in [0.2, 0.25) is 0 Å². The lowest BCUT2D eigenvalue weighted by atomic mass is 10.0. The predicted molar refractivity (Wildman–Crippen MR) is 206 cm³/mol. The Morgan fingerprint density at radius 1 is 0.367 bits per heavy atom. The molecule has 2 aromatic heterocycles. The number of para-hydroxylation sites is 3. The Bertz CT molecular complexity index is 2830. The summed E-state index contributed by atoms with van der Waals surface area (Å²) in [6.45, 7) is 0. The number of rotatable bonds is 5. The topological polar surface area (TPSA) is 21.3 Å². The lowest BCUT2D eigenvalue weighted by Crippen LogP contribution is -2.09. The first-order valence-corrected chi connectivity index (χ1v) is 16.7. The zero-order valence-electron chi connectivity index (χ0n) is 26.6. The Labute approximate surface area is 283 Å². The molecule has 10 aromatic rings. The molecular formula is C46H30N2O. The molecule has 10 rings (SSSR count). The number of furan rings is 1. The van der Waals surface area contributed by atoms with Gasteiger partial charge in [0, 0.05) is 44.3 Å². The van der Waals surface area contributed by atoms with Crippen molar-refractivity contribution in [3.05, 3.63) is 182 Å². The van der Waals surface area contributed by atoms with Crippen molar-refractivity contribution in [2.24, 2.45) is 0 Å². The molecule has 49 heavy (non-hydrogen) atoms. The van der Waals surface area contributed by atoms with Gasteiger partial charge in [0.25, 0.3) is 0 Å². The molecule has 0 atom stereocenters. The van der Waals surface area contributed by atoms with Crippen molar-refractivity contribution in [1.82, 2.24) is 4.57 Å². The van der Waals surface area contributed by atoms with Gasteiger partial charge in [-0.15, -0.1) is 0 Å². The van der Waals surface area contributed by atoms with E-state index in [0.717, 1.165) is 39.0 Å². The summed E-state index contributed by atoms with van der Waals surface area (Å²) < 4.78 is 8.53. The van der Waals surface area contributed by atoms with Gasteiger partial charge in [0.15, 0.2) is 0 Å². The number of nitrogens with zero attached hydrogens (tertiary/aromatic N) is 2. The van der Waals surface area contributed by atoms with Gasteiger partial charge in [0.2, 0.25) is 0 Å². The van der Waals surface area contributed by atoms with Crippen LogP contribution >= 0.6 is 0 Å². The highest BCUT2D eigenvalue weighted by Gasteiger charge is 2.17. The summed E-state index contributed by atoms with van der Waals surface area (Å²) in [4.78, 5) is 2.31. The molecule has 0 aliphatic carbocycles. The van der Waals surface area contributed by atoms with E-state index in [2.05, 4.69) is 179 Å². The molecule has 0 unspecified atom stereocenters. The van der Waals surface area contributed by atoms with Crippen molar-refractivity contribution in [3.63, 3.8) is 0 Å². The SMILES string of the molecule is c1ccc(N(c2ccc(-c3ccc4c(c3)c3ccccc3n4-c3ccc4ccccc4c3)cc2)c2ccc3oc4ccccc4c3c2)cc1. The number of aromatic nitrogens is 1. The second kappa shape index (κ2) is 11.0. The van der Waals surface area contributed by atoms with Crippen LogP contribution in [0.15, 0.2) is 186 Å². The van der Waals surface area contributed by atoms with E-state index >= 15 is 0 Å². The zero-order chi connectivity index (χ0) is 32.3. The van der Waals surface area contributed by atoms with Crippen molar-refractivity contribution >= 4 is 71.6 Å². The van der Waals surface area contributed by atoms with Gasteiger partial charge in [-0.05, 0) is 101 Å². The van der Waals surface area contributed by atoms with E-state index in [1.807, 2.05) is 12.1 Å². The number of anilines is 3. The molecule has 2 heterocycles. The molecule has 0 saturated carbocycles. The normalized spacial score (nSPS) is 11.7. The monoisotopic (exact) mass is 626 g/mol. The standard InChI is InChI=1S/C46H30N2O/c1-2-12-35(13-3-1)47(38-25-27-46-42(30-38)40-15-7-9-17-45(40)49-46)36-22-18-32(19-23-36)34-21-26-44-41(29-34)39-14-6-8-16-43(39)48(44)37-24-20-31-10-4-5-11-33(31)28-37/h1-30H. The molecule has 230 valence electrons. The molecule has 0 saturated heterocycles. The van der Waals surface area contributed by atoms with Crippen LogP contribution in [-0.4, -0.2) is 4.57 Å². The maximum absolute atomic E-state index is 6.14. The fourth-order valence-electron chi connectivity index (χ4n) is 7.43. The maximum atomic E-state index is 6.14. The minimum atomic E-state index is 0.894. The molecule has 0 amide bonds. The predicted octanol–water partition coefficient (Wildman–Crippen LogP) is 13.0. The van der Waals surface area contributed by atoms with E-state index in [0.29, 0.717) is 0 Å². The number of hydrogen-bond acceptors (Lipinski definition) is 2. The molecule has 3 nitrogen and oxygen atoms in total. The van der Waals surface area contributed by atoms with Gasteiger partial charge < -0.3 is 13.9 Å². The summed E-state index contributed by atoms with van der Waals surface area (Å²) in [6, 6.07) is 65.1. The first kappa shape index (κ1) is 27.5. The van der Waals surface area contributed by atoms with Gasteiger partial charge >= 0.3 is 0 Å². The first-order chi connectivity index (χ1) is 24.3. The largest absolute Gasteiger partial charge is 0.456 e. The van der Waals surface area contributed by atoms with Crippen molar-refractivity contribution in [2.45, 2.75) is 0 Å². The summed E-state index contributed by atoms with van der Waals surface area (Å²) in [7, 11) is 0. The second-order valence-corrected chi connectivity index (χ2v) is 12.6. The van der Waals surface area contributed by atoms with E-state index in [1.54, 1.807) is 0 Å².